The highest BCUT2D eigenvalue weighted by atomic mass is 35.5. The second-order valence-corrected chi connectivity index (χ2v) is 9.13. The summed E-state index contributed by atoms with van der Waals surface area (Å²) >= 11 is 0. The van der Waals surface area contributed by atoms with E-state index in [-0.39, 0.29) is 29.6 Å². The Morgan fingerprint density at radius 3 is 2.38 bits per heavy atom. The maximum Gasteiger partial charge on any atom is 0.246 e. The molecule has 1 unspecified atom stereocenters. The van der Waals surface area contributed by atoms with Crippen LogP contribution in [-0.2, 0) is 21.4 Å². The van der Waals surface area contributed by atoms with Gasteiger partial charge in [-0.3, -0.25) is 9.59 Å². The van der Waals surface area contributed by atoms with E-state index in [4.69, 9.17) is 4.74 Å². The van der Waals surface area contributed by atoms with Gasteiger partial charge in [-0.2, -0.15) is 0 Å². The Labute approximate surface area is 204 Å². The van der Waals surface area contributed by atoms with E-state index in [0.717, 1.165) is 42.5 Å². The first kappa shape index (κ1) is 25.9. The third-order valence-corrected chi connectivity index (χ3v) is 6.53. The number of likely N-dealkylation sites (tertiary alicyclic amines) is 1. The van der Waals surface area contributed by atoms with Gasteiger partial charge in [-0.05, 0) is 68.5 Å². The number of anilines is 1. The fraction of sp³-hybridized carbons (Fsp3) is 0.440. The molecule has 2 aromatic rings. The van der Waals surface area contributed by atoms with Gasteiger partial charge >= 0.3 is 0 Å². The largest absolute Gasteiger partial charge is 0.497 e. The SMILES string of the molecule is COc1ccc2c(c1)CCNC2C(=O)Nc1cc(F)c(C(C)(C)C(=O)N2CCCC2)c(F)c1.Cl. The van der Waals surface area contributed by atoms with Crippen molar-refractivity contribution >= 4 is 29.9 Å². The molecule has 2 heterocycles. The highest BCUT2D eigenvalue weighted by Crippen LogP contribution is 2.34. The maximum atomic E-state index is 15.1. The van der Waals surface area contributed by atoms with Crippen LogP contribution in [0.15, 0.2) is 30.3 Å². The number of amides is 2. The van der Waals surface area contributed by atoms with Crippen molar-refractivity contribution in [2.24, 2.45) is 0 Å². The number of nitrogens with zero attached hydrogens (tertiary/aromatic N) is 1. The van der Waals surface area contributed by atoms with E-state index in [2.05, 4.69) is 10.6 Å². The van der Waals surface area contributed by atoms with Crippen molar-refractivity contribution in [1.82, 2.24) is 10.2 Å². The number of halogens is 3. The van der Waals surface area contributed by atoms with Crippen LogP contribution in [0, 0.1) is 11.6 Å². The lowest BCUT2D eigenvalue weighted by Crippen LogP contribution is -2.43. The molecular weight excluding hydrogens is 464 g/mol. The topological polar surface area (TPSA) is 70.7 Å². The summed E-state index contributed by atoms with van der Waals surface area (Å²) in [5, 5.41) is 5.77. The van der Waals surface area contributed by atoms with Crippen LogP contribution in [0.1, 0.15) is 49.4 Å². The molecule has 2 aromatic carbocycles. The monoisotopic (exact) mass is 493 g/mol. The Balaban J connectivity index is 0.00000324. The number of carbonyl (C=O) groups is 2. The number of methoxy groups -OCH3 is 1. The summed E-state index contributed by atoms with van der Waals surface area (Å²) in [6, 6.07) is 6.99. The fourth-order valence-electron chi connectivity index (χ4n) is 4.78. The van der Waals surface area contributed by atoms with Crippen LogP contribution in [0.3, 0.4) is 0 Å². The Hall–Kier alpha value is -2.71. The first-order valence-electron chi connectivity index (χ1n) is 11.2. The smallest absolute Gasteiger partial charge is 0.246 e. The summed E-state index contributed by atoms with van der Waals surface area (Å²) in [4.78, 5) is 27.5. The standard InChI is InChI=1S/C25H29F2N3O3.ClH/c1-25(2,24(32)30-10-4-5-11-30)21-19(26)13-16(14-20(21)27)29-23(31)22-18-7-6-17(33-3)12-15(18)8-9-28-22;/h6-7,12-14,22,28H,4-5,8-11H2,1-3H3,(H,29,31);1H. The number of carbonyl (C=O) groups excluding carboxylic acids is 2. The van der Waals surface area contributed by atoms with Crippen LogP contribution in [0.2, 0.25) is 0 Å². The van der Waals surface area contributed by atoms with Gasteiger partial charge in [0.15, 0.2) is 0 Å². The van der Waals surface area contributed by atoms with Gasteiger partial charge in [-0.15, -0.1) is 12.4 Å². The van der Waals surface area contributed by atoms with E-state index in [1.165, 1.54) is 13.8 Å². The maximum absolute atomic E-state index is 15.1. The number of benzene rings is 2. The minimum Gasteiger partial charge on any atom is -0.497 e. The van der Waals surface area contributed by atoms with Crippen molar-refractivity contribution in [2.75, 3.05) is 32.1 Å². The molecule has 0 saturated carbocycles. The normalized spacial score (nSPS) is 17.6. The summed E-state index contributed by atoms with van der Waals surface area (Å²) in [5.41, 5.74) is 0.151. The van der Waals surface area contributed by atoms with Gasteiger partial charge in [-0.25, -0.2) is 8.78 Å². The molecule has 0 spiro atoms. The molecule has 0 radical (unpaired) electrons. The molecule has 1 atom stereocenters. The van der Waals surface area contributed by atoms with E-state index in [0.29, 0.717) is 25.4 Å². The minimum atomic E-state index is -1.36. The zero-order valence-electron chi connectivity index (χ0n) is 19.5. The van der Waals surface area contributed by atoms with Gasteiger partial charge in [0.1, 0.15) is 23.4 Å². The number of nitrogens with one attached hydrogen (secondary N) is 2. The van der Waals surface area contributed by atoms with Gasteiger partial charge in [0, 0.05) is 30.9 Å². The van der Waals surface area contributed by atoms with E-state index < -0.39 is 29.0 Å². The lowest BCUT2D eigenvalue weighted by Gasteiger charge is -2.30. The molecule has 4 rings (SSSR count). The van der Waals surface area contributed by atoms with Crippen LogP contribution in [0.25, 0.3) is 0 Å². The van der Waals surface area contributed by atoms with Crippen molar-refractivity contribution < 1.29 is 23.1 Å². The number of fused-ring (bicyclic) bond motifs is 1. The summed E-state index contributed by atoms with van der Waals surface area (Å²) in [6.07, 6.45) is 2.53. The first-order chi connectivity index (χ1) is 15.7. The molecular formula is C25H30ClF2N3O3. The number of rotatable bonds is 5. The third-order valence-electron chi connectivity index (χ3n) is 6.53. The Kier molecular flexibility index (Phi) is 7.83. The van der Waals surface area contributed by atoms with Crippen molar-refractivity contribution in [3.63, 3.8) is 0 Å². The van der Waals surface area contributed by atoms with Crippen molar-refractivity contribution in [3.05, 3.63) is 58.7 Å². The lowest BCUT2D eigenvalue weighted by atomic mass is 9.82. The molecule has 1 fully saturated rings. The predicted molar refractivity (Wildman–Crippen MR) is 129 cm³/mol. The first-order valence-corrected chi connectivity index (χ1v) is 11.2. The van der Waals surface area contributed by atoms with Crippen LogP contribution >= 0.6 is 12.4 Å². The Morgan fingerprint density at radius 2 is 1.76 bits per heavy atom. The minimum absolute atomic E-state index is 0. The molecule has 6 nitrogen and oxygen atoms in total. The highest BCUT2D eigenvalue weighted by molar-refractivity contribution is 5.96. The van der Waals surface area contributed by atoms with E-state index in [1.54, 1.807) is 18.1 Å². The zero-order valence-corrected chi connectivity index (χ0v) is 20.4. The molecule has 9 heteroatoms. The third kappa shape index (κ3) is 4.88. The van der Waals surface area contributed by atoms with Gasteiger partial charge in [-0.1, -0.05) is 6.07 Å². The molecule has 0 aromatic heterocycles. The van der Waals surface area contributed by atoms with Gasteiger partial charge in [0.05, 0.1) is 12.5 Å². The molecule has 0 aliphatic carbocycles. The van der Waals surface area contributed by atoms with Gasteiger partial charge in [0.2, 0.25) is 11.8 Å². The van der Waals surface area contributed by atoms with Crippen LogP contribution in [-0.4, -0.2) is 43.5 Å². The summed E-state index contributed by atoms with van der Waals surface area (Å²) in [5.74, 6) is -1.72. The molecule has 2 aliphatic heterocycles. The Morgan fingerprint density at radius 1 is 1.12 bits per heavy atom. The van der Waals surface area contributed by atoms with Crippen LogP contribution < -0.4 is 15.4 Å². The van der Waals surface area contributed by atoms with Crippen molar-refractivity contribution in [1.29, 1.82) is 0 Å². The summed E-state index contributed by atoms with van der Waals surface area (Å²) < 4.78 is 35.4. The highest BCUT2D eigenvalue weighted by Gasteiger charge is 2.39. The van der Waals surface area contributed by atoms with Crippen LogP contribution in [0.4, 0.5) is 14.5 Å². The molecule has 2 amide bonds. The van der Waals surface area contributed by atoms with E-state index >= 15 is 8.78 Å². The summed E-state index contributed by atoms with van der Waals surface area (Å²) in [6.45, 7) is 4.85. The number of hydrogen-bond acceptors (Lipinski definition) is 4. The number of ether oxygens (including phenoxy) is 1. The zero-order chi connectivity index (χ0) is 23.8. The summed E-state index contributed by atoms with van der Waals surface area (Å²) in [7, 11) is 1.58. The molecule has 2 aliphatic rings. The predicted octanol–water partition coefficient (Wildman–Crippen LogP) is 4.12. The second kappa shape index (κ2) is 10.3. The lowest BCUT2D eigenvalue weighted by molar-refractivity contribution is -0.135. The quantitative estimate of drug-likeness (QED) is 0.657. The van der Waals surface area contributed by atoms with Crippen molar-refractivity contribution in [2.45, 2.75) is 44.6 Å². The van der Waals surface area contributed by atoms with Crippen LogP contribution in [0.5, 0.6) is 5.75 Å². The van der Waals surface area contributed by atoms with Gasteiger partial charge in [0.25, 0.3) is 0 Å². The molecule has 34 heavy (non-hydrogen) atoms. The van der Waals surface area contributed by atoms with Gasteiger partial charge < -0.3 is 20.3 Å². The second-order valence-electron chi connectivity index (χ2n) is 9.13. The molecule has 2 N–H and O–H groups in total. The van der Waals surface area contributed by atoms with Crippen molar-refractivity contribution in [3.8, 4) is 5.75 Å². The van der Waals surface area contributed by atoms with E-state index in [9.17, 15) is 9.59 Å². The number of hydrogen-bond donors (Lipinski definition) is 2. The van der Waals surface area contributed by atoms with E-state index in [1.807, 2.05) is 12.1 Å². The average molecular weight is 494 g/mol. The molecule has 1 saturated heterocycles. The fourth-order valence-corrected chi connectivity index (χ4v) is 4.78. The molecule has 184 valence electrons. The Bertz CT molecular complexity index is 1060. The molecule has 0 bridgehead atoms. The average Bonchev–Trinajstić information content (AvgIpc) is 3.31.